The zero-order valence-electron chi connectivity index (χ0n) is 14.7. The number of piperazine rings is 1. The molecule has 0 aliphatic carbocycles. The number of fused-ring (bicyclic) bond motifs is 2. The summed E-state index contributed by atoms with van der Waals surface area (Å²) < 4.78 is 41.0. The zero-order chi connectivity index (χ0) is 18.3. The van der Waals surface area contributed by atoms with Gasteiger partial charge in [-0.1, -0.05) is 24.3 Å². The molecule has 4 heterocycles. The van der Waals surface area contributed by atoms with Gasteiger partial charge in [-0.3, -0.25) is 9.88 Å². The van der Waals surface area contributed by atoms with Crippen LogP contribution >= 0.6 is 0 Å². The molecule has 5 rings (SSSR count). The second-order valence-electron chi connectivity index (χ2n) is 7.19. The van der Waals surface area contributed by atoms with Gasteiger partial charge in [0.2, 0.25) is 10.0 Å². The first-order valence-electron chi connectivity index (χ1n) is 8.82. The number of halogens is 1. The van der Waals surface area contributed by atoms with E-state index in [-0.39, 0.29) is 23.4 Å². The van der Waals surface area contributed by atoms with E-state index in [4.69, 9.17) is 0 Å². The first-order valence-corrected chi connectivity index (χ1v) is 10.4. The average Bonchev–Trinajstić information content (AvgIpc) is 2.56. The highest BCUT2D eigenvalue weighted by molar-refractivity contribution is 7.88. The van der Waals surface area contributed by atoms with Crippen molar-refractivity contribution in [2.24, 2.45) is 0 Å². The fourth-order valence-corrected chi connectivity index (χ4v) is 6.04. The van der Waals surface area contributed by atoms with Gasteiger partial charge in [-0.05, 0) is 31.5 Å². The highest BCUT2D eigenvalue weighted by Crippen LogP contribution is 2.36. The van der Waals surface area contributed by atoms with Crippen molar-refractivity contribution in [2.45, 2.75) is 37.7 Å². The quantitative estimate of drug-likeness (QED) is 0.805. The molecule has 138 valence electrons. The number of benzene rings is 1. The molecule has 1 aromatic heterocycles. The Bertz CT molecular complexity index is 907. The molecule has 0 amide bonds. The lowest BCUT2D eigenvalue weighted by atomic mass is 9.91. The fraction of sp³-hybridized carbons (Fsp3) is 0.421. The maximum Gasteiger partial charge on any atom is 0.218 e. The van der Waals surface area contributed by atoms with Crippen molar-refractivity contribution >= 4 is 10.0 Å². The highest BCUT2D eigenvalue weighted by atomic mass is 32.2. The van der Waals surface area contributed by atoms with Crippen molar-refractivity contribution in [1.29, 1.82) is 0 Å². The Morgan fingerprint density at radius 2 is 1.85 bits per heavy atom. The minimum absolute atomic E-state index is 0.0182. The summed E-state index contributed by atoms with van der Waals surface area (Å²) in [6.45, 7) is 4.09. The number of piperidine rings is 1. The van der Waals surface area contributed by atoms with Crippen LogP contribution in [0.1, 0.15) is 23.4 Å². The van der Waals surface area contributed by atoms with E-state index < -0.39 is 15.8 Å². The summed E-state index contributed by atoms with van der Waals surface area (Å²) in [5, 5.41) is 0. The average molecular weight is 375 g/mol. The second-order valence-corrected chi connectivity index (χ2v) is 9.06. The summed E-state index contributed by atoms with van der Waals surface area (Å²) in [7, 11) is -3.51. The highest BCUT2D eigenvalue weighted by Gasteiger charge is 2.50. The lowest BCUT2D eigenvalue weighted by molar-refractivity contribution is -0.0110. The van der Waals surface area contributed by atoms with Gasteiger partial charge in [0, 0.05) is 43.0 Å². The number of rotatable bonds is 5. The summed E-state index contributed by atoms with van der Waals surface area (Å²) >= 11 is 0. The van der Waals surface area contributed by atoms with E-state index in [0.717, 1.165) is 24.4 Å². The van der Waals surface area contributed by atoms with Crippen LogP contribution < -0.4 is 0 Å². The summed E-state index contributed by atoms with van der Waals surface area (Å²) in [6.07, 6.45) is 0.883. The number of aryl methyl sites for hydroxylation is 1. The molecular weight excluding hydrogens is 353 g/mol. The SMILES string of the molecule is Cc1cccc(CN2CC3CC(C2)N3S(=O)(=O)Cc2ccccc2F)n1. The van der Waals surface area contributed by atoms with Crippen LogP contribution in [0.2, 0.25) is 0 Å². The number of hydrogen-bond acceptors (Lipinski definition) is 4. The van der Waals surface area contributed by atoms with Gasteiger partial charge in [0.05, 0.1) is 11.4 Å². The van der Waals surface area contributed by atoms with Crippen LogP contribution in [0.5, 0.6) is 0 Å². The Labute approximate surface area is 153 Å². The molecule has 0 N–H and O–H groups in total. The van der Waals surface area contributed by atoms with Gasteiger partial charge in [0.1, 0.15) is 5.82 Å². The predicted octanol–water partition coefficient (Wildman–Crippen LogP) is 2.32. The molecule has 26 heavy (non-hydrogen) atoms. The Kier molecular flexibility index (Phi) is 4.54. The van der Waals surface area contributed by atoms with E-state index in [1.807, 2.05) is 25.1 Å². The summed E-state index contributed by atoms with van der Waals surface area (Å²) in [5.74, 6) is -0.736. The molecule has 1 aromatic carbocycles. The number of sulfonamides is 1. The van der Waals surface area contributed by atoms with Crippen LogP contribution in [0.4, 0.5) is 4.39 Å². The Morgan fingerprint density at radius 1 is 1.12 bits per heavy atom. The summed E-state index contributed by atoms with van der Waals surface area (Å²) in [4.78, 5) is 6.78. The molecule has 3 aliphatic heterocycles. The van der Waals surface area contributed by atoms with Gasteiger partial charge in [-0.15, -0.1) is 0 Å². The maximum atomic E-state index is 13.8. The van der Waals surface area contributed by atoms with E-state index in [9.17, 15) is 12.8 Å². The van der Waals surface area contributed by atoms with Crippen LogP contribution in [0.25, 0.3) is 0 Å². The standard InChI is InChI=1S/C19H22FN3O2S/c1-14-5-4-7-16(21-14)10-22-11-17-9-18(12-22)23(17)26(24,25)13-15-6-2-3-8-19(15)20/h2-8,17-18H,9-13H2,1H3. The number of pyridine rings is 1. The van der Waals surface area contributed by atoms with Gasteiger partial charge in [0.15, 0.2) is 0 Å². The van der Waals surface area contributed by atoms with Crippen molar-refractivity contribution in [1.82, 2.24) is 14.2 Å². The van der Waals surface area contributed by atoms with Crippen LogP contribution in [-0.2, 0) is 22.3 Å². The van der Waals surface area contributed by atoms with E-state index in [1.54, 1.807) is 16.4 Å². The van der Waals surface area contributed by atoms with Crippen LogP contribution in [-0.4, -0.2) is 47.8 Å². The Balaban J connectivity index is 1.43. The van der Waals surface area contributed by atoms with Gasteiger partial charge >= 0.3 is 0 Å². The zero-order valence-corrected chi connectivity index (χ0v) is 15.5. The van der Waals surface area contributed by atoms with E-state index in [2.05, 4.69) is 9.88 Å². The molecule has 7 heteroatoms. The van der Waals surface area contributed by atoms with Crippen LogP contribution in [0.3, 0.4) is 0 Å². The fourth-order valence-electron chi connectivity index (χ4n) is 4.05. The molecule has 0 radical (unpaired) electrons. The lowest BCUT2D eigenvalue weighted by Gasteiger charge is -2.55. The van der Waals surface area contributed by atoms with Crippen molar-refractivity contribution in [3.05, 3.63) is 65.2 Å². The molecule has 0 saturated carbocycles. The first kappa shape index (κ1) is 17.6. The molecule has 0 spiro atoms. The van der Waals surface area contributed by atoms with Crippen LogP contribution in [0.15, 0.2) is 42.5 Å². The molecule has 2 aromatic rings. The van der Waals surface area contributed by atoms with Gasteiger partial charge in [-0.2, -0.15) is 4.31 Å². The monoisotopic (exact) mass is 375 g/mol. The minimum atomic E-state index is -3.51. The number of nitrogens with zero attached hydrogens (tertiary/aromatic N) is 3. The van der Waals surface area contributed by atoms with Gasteiger partial charge in [-0.25, -0.2) is 12.8 Å². The van der Waals surface area contributed by atoms with Gasteiger partial charge < -0.3 is 0 Å². The second kappa shape index (κ2) is 6.72. The third-order valence-corrected chi connectivity index (χ3v) is 7.06. The van der Waals surface area contributed by atoms with Crippen molar-refractivity contribution in [2.75, 3.05) is 13.1 Å². The van der Waals surface area contributed by atoms with Crippen molar-refractivity contribution in [3.8, 4) is 0 Å². The topological polar surface area (TPSA) is 53.5 Å². The Hall–Kier alpha value is -1.83. The summed E-state index contributed by atoms with van der Waals surface area (Å²) in [5.41, 5.74) is 2.23. The number of aromatic nitrogens is 1. The third-order valence-electron chi connectivity index (χ3n) is 5.15. The predicted molar refractivity (Wildman–Crippen MR) is 97.3 cm³/mol. The molecular formula is C19H22FN3O2S. The van der Waals surface area contributed by atoms with E-state index in [1.165, 1.54) is 12.1 Å². The van der Waals surface area contributed by atoms with E-state index >= 15 is 0 Å². The summed E-state index contributed by atoms with van der Waals surface area (Å²) in [6, 6.07) is 12.0. The molecule has 2 unspecified atom stereocenters. The molecule has 2 atom stereocenters. The largest absolute Gasteiger partial charge is 0.294 e. The molecule has 2 bridgehead atoms. The third kappa shape index (κ3) is 3.39. The number of hydrogen-bond donors (Lipinski definition) is 0. The molecule has 3 aliphatic rings. The molecule has 5 nitrogen and oxygen atoms in total. The maximum absolute atomic E-state index is 13.8. The van der Waals surface area contributed by atoms with Crippen LogP contribution in [0, 0.1) is 12.7 Å². The normalized spacial score (nSPS) is 23.6. The van der Waals surface area contributed by atoms with Gasteiger partial charge in [0.25, 0.3) is 0 Å². The van der Waals surface area contributed by atoms with Crippen molar-refractivity contribution < 1.29 is 12.8 Å². The molecule has 3 fully saturated rings. The Morgan fingerprint density at radius 3 is 2.54 bits per heavy atom. The minimum Gasteiger partial charge on any atom is -0.294 e. The smallest absolute Gasteiger partial charge is 0.218 e. The lowest BCUT2D eigenvalue weighted by Crippen LogP contribution is -2.69. The first-order chi connectivity index (χ1) is 12.4. The van der Waals surface area contributed by atoms with E-state index in [0.29, 0.717) is 13.1 Å². The molecule has 3 saturated heterocycles. The van der Waals surface area contributed by atoms with Crippen molar-refractivity contribution in [3.63, 3.8) is 0 Å².